The Morgan fingerprint density at radius 2 is 2.11 bits per heavy atom. The van der Waals surface area contributed by atoms with Crippen molar-refractivity contribution in [3.05, 3.63) is 52.7 Å². The lowest BCUT2D eigenvalue weighted by Crippen LogP contribution is -2.17. The van der Waals surface area contributed by atoms with Gasteiger partial charge in [0.2, 0.25) is 5.88 Å². The van der Waals surface area contributed by atoms with Gasteiger partial charge in [-0.15, -0.1) is 0 Å². The number of halogens is 2. The monoisotopic (exact) mass is 281 g/mol. The minimum atomic E-state index is -0.543. The Balaban J connectivity index is 2.28. The first-order valence-electron chi connectivity index (χ1n) is 5.67. The van der Waals surface area contributed by atoms with E-state index in [1.807, 2.05) is 0 Å². The second-order valence-corrected chi connectivity index (χ2v) is 4.37. The summed E-state index contributed by atoms with van der Waals surface area (Å²) in [4.78, 5) is 8.14. The summed E-state index contributed by atoms with van der Waals surface area (Å²) in [5.41, 5.74) is 6.87. The number of aromatic nitrogens is 2. The quantitative estimate of drug-likeness (QED) is 0.935. The standard InChI is InChI=1S/C13H13ClFN3O/c1-19-13-12(17-5-6-18-13)11(16)7-8-9(14)3-2-4-10(8)15/h2-6,11H,7,16H2,1H3. The molecule has 0 aliphatic rings. The predicted octanol–water partition coefficient (Wildman–Crippen LogP) is 2.52. The summed E-state index contributed by atoms with van der Waals surface area (Å²) < 4.78 is 18.8. The first-order chi connectivity index (χ1) is 9.13. The van der Waals surface area contributed by atoms with Crippen LogP contribution in [0.1, 0.15) is 17.3 Å². The molecule has 1 heterocycles. The number of methoxy groups -OCH3 is 1. The average Bonchev–Trinajstić information content (AvgIpc) is 2.42. The molecule has 1 unspecified atom stereocenters. The molecule has 0 spiro atoms. The van der Waals surface area contributed by atoms with Gasteiger partial charge in [-0.2, -0.15) is 0 Å². The maximum absolute atomic E-state index is 13.7. The third kappa shape index (κ3) is 3.00. The zero-order chi connectivity index (χ0) is 13.8. The molecule has 0 amide bonds. The Hall–Kier alpha value is -1.72. The number of nitrogens with two attached hydrogens (primary N) is 1. The largest absolute Gasteiger partial charge is 0.480 e. The zero-order valence-corrected chi connectivity index (χ0v) is 11.1. The first-order valence-corrected chi connectivity index (χ1v) is 6.04. The smallest absolute Gasteiger partial charge is 0.236 e. The van der Waals surface area contributed by atoms with Gasteiger partial charge in [0.25, 0.3) is 0 Å². The fourth-order valence-electron chi connectivity index (χ4n) is 1.79. The Bertz CT molecular complexity index is 559. The fraction of sp³-hybridized carbons (Fsp3) is 0.231. The van der Waals surface area contributed by atoms with E-state index in [4.69, 9.17) is 22.1 Å². The highest BCUT2D eigenvalue weighted by Gasteiger charge is 2.18. The molecule has 0 bridgehead atoms. The minimum absolute atomic E-state index is 0.223. The molecule has 2 rings (SSSR count). The number of benzene rings is 1. The predicted molar refractivity (Wildman–Crippen MR) is 70.6 cm³/mol. The van der Waals surface area contributed by atoms with Crippen LogP contribution in [-0.2, 0) is 6.42 Å². The number of hydrogen-bond donors (Lipinski definition) is 1. The molecule has 2 N–H and O–H groups in total. The molecule has 100 valence electrons. The van der Waals surface area contributed by atoms with Crippen molar-refractivity contribution in [1.29, 1.82) is 0 Å². The highest BCUT2D eigenvalue weighted by Crippen LogP contribution is 2.26. The van der Waals surface area contributed by atoms with Crippen LogP contribution in [0.25, 0.3) is 0 Å². The highest BCUT2D eigenvalue weighted by atomic mass is 35.5. The Morgan fingerprint density at radius 1 is 1.37 bits per heavy atom. The van der Waals surface area contributed by atoms with E-state index >= 15 is 0 Å². The summed E-state index contributed by atoms with van der Waals surface area (Å²) in [7, 11) is 1.48. The van der Waals surface area contributed by atoms with E-state index in [1.54, 1.807) is 12.1 Å². The van der Waals surface area contributed by atoms with Crippen molar-refractivity contribution in [2.75, 3.05) is 7.11 Å². The van der Waals surface area contributed by atoms with Crippen molar-refractivity contribution in [3.63, 3.8) is 0 Å². The normalized spacial score (nSPS) is 12.2. The molecular formula is C13H13ClFN3O. The molecule has 19 heavy (non-hydrogen) atoms. The van der Waals surface area contributed by atoms with Crippen LogP contribution in [-0.4, -0.2) is 17.1 Å². The van der Waals surface area contributed by atoms with Crippen LogP contribution in [0.3, 0.4) is 0 Å². The molecule has 0 saturated carbocycles. The molecule has 6 heteroatoms. The van der Waals surface area contributed by atoms with E-state index in [-0.39, 0.29) is 12.2 Å². The Kier molecular flexibility index (Phi) is 4.29. The van der Waals surface area contributed by atoms with E-state index < -0.39 is 6.04 Å². The van der Waals surface area contributed by atoms with Crippen molar-refractivity contribution in [3.8, 4) is 5.88 Å². The van der Waals surface area contributed by atoms with E-state index in [9.17, 15) is 4.39 Å². The van der Waals surface area contributed by atoms with Crippen LogP contribution in [0.5, 0.6) is 5.88 Å². The first kappa shape index (κ1) is 13.7. The Morgan fingerprint density at radius 3 is 2.79 bits per heavy atom. The average molecular weight is 282 g/mol. The summed E-state index contributed by atoms with van der Waals surface area (Å²) in [6.07, 6.45) is 3.24. The van der Waals surface area contributed by atoms with Gasteiger partial charge in [-0.25, -0.2) is 9.37 Å². The summed E-state index contributed by atoms with van der Waals surface area (Å²) in [6, 6.07) is 3.98. The summed E-state index contributed by atoms with van der Waals surface area (Å²) in [6.45, 7) is 0. The van der Waals surface area contributed by atoms with Gasteiger partial charge >= 0.3 is 0 Å². The van der Waals surface area contributed by atoms with Gasteiger partial charge < -0.3 is 10.5 Å². The SMILES string of the molecule is COc1nccnc1C(N)Cc1c(F)cccc1Cl. The van der Waals surface area contributed by atoms with Crippen molar-refractivity contribution >= 4 is 11.6 Å². The van der Waals surface area contributed by atoms with Crippen LogP contribution < -0.4 is 10.5 Å². The van der Waals surface area contributed by atoms with Crippen molar-refractivity contribution in [1.82, 2.24) is 9.97 Å². The van der Waals surface area contributed by atoms with Gasteiger partial charge in [0, 0.05) is 23.0 Å². The maximum Gasteiger partial charge on any atom is 0.236 e. The number of hydrogen-bond acceptors (Lipinski definition) is 4. The molecule has 1 atom stereocenters. The topological polar surface area (TPSA) is 61.0 Å². The number of ether oxygens (including phenoxy) is 1. The van der Waals surface area contributed by atoms with Gasteiger partial charge in [-0.05, 0) is 18.6 Å². The van der Waals surface area contributed by atoms with E-state index in [1.165, 1.54) is 25.6 Å². The van der Waals surface area contributed by atoms with Crippen molar-refractivity contribution < 1.29 is 9.13 Å². The summed E-state index contributed by atoms with van der Waals surface area (Å²) in [5, 5.41) is 0.346. The van der Waals surface area contributed by atoms with Gasteiger partial charge in [-0.3, -0.25) is 4.98 Å². The van der Waals surface area contributed by atoms with E-state index in [0.717, 1.165) is 0 Å². The number of rotatable bonds is 4. The minimum Gasteiger partial charge on any atom is -0.480 e. The molecule has 2 aromatic rings. The fourth-order valence-corrected chi connectivity index (χ4v) is 2.03. The Labute approximate surface area is 115 Å². The van der Waals surface area contributed by atoms with Gasteiger partial charge in [0.1, 0.15) is 11.5 Å². The summed E-state index contributed by atoms with van der Waals surface area (Å²) >= 11 is 5.97. The molecule has 0 saturated heterocycles. The zero-order valence-electron chi connectivity index (χ0n) is 10.3. The van der Waals surface area contributed by atoms with E-state index in [0.29, 0.717) is 22.2 Å². The van der Waals surface area contributed by atoms with Crippen LogP contribution in [0.2, 0.25) is 5.02 Å². The van der Waals surface area contributed by atoms with Crippen molar-refractivity contribution in [2.45, 2.75) is 12.5 Å². The molecule has 0 fully saturated rings. The third-order valence-corrected chi connectivity index (χ3v) is 3.08. The van der Waals surface area contributed by atoms with Gasteiger partial charge in [-0.1, -0.05) is 17.7 Å². The molecule has 0 aliphatic heterocycles. The summed E-state index contributed by atoms with van der Waals surface area (Å²) in [5.74, 6) is -0.0479. The number of nitrogens with zero attached hydrogens (tertiary/aromatic N) is 2. The molecular weight excluding hydrogens is 269 g/mol. The van der Waals surface area contributed by atoms with Gasteiger partial charge in [0.15, 0.2) is 0 Å². The second kappa shape index (κ2) is 5.95. The van der Waals surface area contributed by atoms with Crippen LogP contribution in [0.15, 0.2) is 30.6 Å². The van der Waals surface area contributed by atoms with Crippen LogP contribution in [0, 0.1) is 5.82 Å². The molecule has 1 aromatic carbocycles. The molecule has 0 radical (unpaired) electrons. The van der Waals surface area contributed by atoms with Gasteiger partial charge in [0.05, 0.1) is 13.2 Å². The van der Waals surface area contributed by atoms with Crippen LogP contribution in [0.4, 0.5) is 4.39 Å². The third-order valence-electron chi connectivity index (χ3n) is 2.72. The lowest BCUT2D eigenvalue weighted by Gasteiger charge is -2.14. The molecule has 0 aliphatic carbocycles. The van der Waals surface area contributed by atoms with E-state index in [2.05, 4.69) is 9.97 Å². The maximum atomic E-state index is 13.7. The lowest BCUT2D eigenvalue weighted by atomic mass is 10.0. The highest BCUT2D eigenvalue weighted by molar-refractivity contribution is 6.31. The second-order valence-electron chi connectivity index (χ2n) is 3.96. The lowest BCUT2D eigenvalue weighted by molar-refractivity contribution is 0.384. The molecule has 1 aromatic heterocycles. The molecule has 4 nitrogen and oxygen atoms in total. The van der Waals surface area contributed by atoms with Crippen LogP contribution >= 0.6 is 11.6 Å². The van der Waals surface area contributed by atoms with Crippen molar-refractivity contribution in [2.24, 2.45) is 5.73 Å².